The molecule has 7 nitrogen and oxygen atoms in total. The van der Waals surface area contributed by atoms with Crippen LogP contribution in [0, 0.1) is 0 Å². The SMILES string of the molecule is C=CCOC(=O)N1C[C@H](O)C[C@H]1Cc1ccnc(C(N)=O)c1. The van der Waals surface area contributed by atoms with Crippen molar-refractivity contribution in [2.24, 2.45) is 5.73 Å². The van der Waals surface area contributed by atoms with Crippen LogP contribution in [-0.4, -0.2) is 52.3 Å². The van der Waals surface area contributed by atoms with Gasteiger partial charge in [0.1, 0.15) is 12.3 Å². The predicted octanol–water partition coefficient (Wildman–Crippen LogP) is 0.481. The van der Waals surface area contributed by atoms with Gasteiger partial charge in [0.2, 0.25) is 0 Å². The van der Waals surface area contributed by atoms with E-state index in [0.717, 1.165) is 5.56 Å². The van der Waals surface area contributed by atoms with Crippen molar-refractivity contribution in [2.45, 2.75) is 25.0 Å². The fraction of sp³-hybridized carbons (Fsp3) is 0.400. The van der Waals surface area contributed by atoms with Gasteiger partial charge in [-0.05, 0) is 30.5 Å². The summed E-state index contributed by atoms with van der Waals surface area (Å²) in [6.07, 6.45) is 2.87. The Balaban J connectivity index is 2.09. The maximum Gasteiger partial charge on any atom is 0.410 e. The number of carbonyl (C=O) groups excluding carboxylic acids is 2. The van der Waals surface area contributed by atoms with Gasteiger partial charge in [-0.25, -0.2) is 4.79 Å². The van der Waals surface area contributed by atoms with Crippen LogP contribution in [0.4, 0.5) is 4.79 Å². The molecule has 1 aromatic heterocycles. The molecule has 2 atom stereocenters. The van der Waals surface area contributed by atoms with E-state index in [2.05, 4.69) is 11.6 Å². The van der Waals surface area contributed by atoms with E-state index >= 15 is 0 Å². The highest BCUT2D eigenvalue weighted by molar-refractivity contribution is 5.90. The third-order valence-corrected chi connectivity index (χ3v) is 3.50. The van der Waals surface area contributed by atoms with Crippen LogP contribution in [0.5, 0.6) is 0 Å². The van der Waals surface area contributed by atoms with Gasteiger partial charge in [-0.2, -0.15) is 0 Å². The molecule has 0 spiro atoms. The van der Waals surface area contributed by atoms with Crippen molar-refractivity contribution in [2.75, 3.05) is 13.2 Å². The van der Waals surface area contributed by atoms with E-state index in [9.17, 15) is 14.7 Å². The standard InChI is InChI=1S/C15H19N3O4/c1-2-5-22-15(21)18-9-12(19)8-11(18)6-10-3-4-17-13(7-10)14(16)20/h2-4,7,11-12,19H,1,5-6,8-9H2,(H2,16,20)/t11-,12-/m1/s1. The highest BCUT2D eigenvalue weighted by atomic mass is 16.6. The third-order valence-electron chi connectivity index (χ3n) is 3.50. The summed E-state index contributed by atoms with van der Waals surface area (Å²) >= 11 is 0. The number of rotatable bonds is 5. The highest BCUT2D eigenvalue weighted by Gasteiger charge is 2.35. The fourth-order valence-electron chi connectivity index (χ4n) is 2.53. The van der Waals surface area contributed by atoms with E-state index in [-0.39, 0.29) is 24.9 Å². The summed E-state index contributed by atoms with van der Waals surface area (Å²) in [5, 5.41) is 9.81. The Morgan fingerprint density at radius 2 is 2.36 bits per heavy atom. The van der Waals surface area contributed by atoms with E-state index in [1.54, 1.807) is 12.1 Å². The van der Waals surface area contributed by atoms with Gasteiger partial charge < -0.3 is 20.5 Å². The molecule has 1 aliphatic heterocycles. The number of ether oxygens (including phenoxy) is 1. The first-order valence-electron chi connectivity index (χ1n) is 6.98. The normalized spacial score (nSPS) is 20.7. The predicted molar refractivity (Wildman–Crippen MR) is 79.1 cm³/mol. The van der Waals surface area contributed by atoms with Gasteiger partial charge in [0, 0.05) is 12.2 Å². The number of nitrogens with two attached hydrogens (primary N) is 1. The second-order valence-corrected chi connectivity index (χ2v) is 5.18. The van der Waals surface area contributed by atoms with Crippen molar-refractivity contribution in [1.82, 2.24) is 9.88 Å². The summed E-state index contributed by atoms with van der Waals surface area (Å²) in [7, 11) is 0. The lowest BCUT2D eigenvalue weighted by molar-refractivity contribution is 0.0992. The van der Waals surface area contributed by atoms with Gasteiger partial charge in [0.15, 0.2) is 0 Å². The highest BCUT2D eigenvalue weighted by Crippen LogP contribution is 2.22. The number of primary amides is 1. The summed E-state index contributed by atoms with van der Waals surface area (Å²) in [5.74, 6) is -0.601. The lowest BCUT2D eigenvalue weighted by atomic mass is 10.0. The number of pyridine rings is 1. The molecular formula is C15H19N3O4. The third kappa shape index (κ3) is 3.82. The Kier molecular flexibility index (Phi) is 5.11. The van der Waals surface area contributed by atoms with E-state index in [1.165, 1.54) is 17.2 Å². The number of amides is 2. The minimum atomic E-state index is -0.601. The number of likely N-dealkylation sites (tertiary alicyclic amines) is 1. The van der Waals surface area contributed by atoms with Crippen LogP contribution in [0.2, 0.25) is 0 Å². The zero-order valence-electron chi connectivity index (χ0n) is 12.1. The van der Waals surface area contributed by atoms with Crippen LogP contribution in [0.1, 0.15) is 22.5 Å². The smallest absolute Gasteiger partial charge is 0.410 e. The van der Waals surface area contributed by atoms with Crippen LogP contribution in [0.3, 0.4) is 0 Å². The number of hydrogen-bond acceptors (Lipinski definition) is 5. The van der Waals surface area contributed by atoms with Crippen LogP contribution in [0.25, 0.3) is 0 Å². The van der Waals surface area contributed by atoms with Crippen molar-refractivity contribution in [3.05, 3.63) is 42.2 Å². The van der Waals surface area contributed by atoms with Crippen LogP contribution >= 0.6 is 0 Å². The van der Waals surface area contributed by atoms with Gasteiger partial charge in [-0.15, -0.1) is 0 Å². The van der Waals surface area contributed by atoms with Crippen molar-refractivity contribution in [3.63, 3.8) is 0 Å². The molecule has 3 N–H and O–H groups in total. The molecule has 0 saturated carbocycles. The molecule has 2 heterocycles. The van der Waals surface area contributed by atoms with Crippen LogP contribution < -0.4 is 5.73 Å². The van der Waals surface area contributed by atoms with Crippen LogP contribution in [-0.2, 0) is 11.2 Å². The zero-order valence-corrected chi connectivity index (χ0v) is 12.1. The molecule has 0 aliphatic carbocycles. The molecule has 1 fully saturated rings. The topological polar surface area (TPSA) is 106 Å². The minimum Gasteiger partial charge on any atom is -0.445 e. The van der Waals surface area contributed by atoms with Crippen molar-refractivity contribution in [3.8, 4) is 0 Å². The summed E-state index contributed by atoms with van der Waals surface area (Å²) in [4.78, 5) is 28.5. The first kappa shape index (κ1) is 16.0. The molecule has 1 aromatic rings. The molecule has 22 heavy (non-hydrogen) atoms. The van der Waals surface area contributed by atoms with Crippen LogP contribution in [0.15, 0.2) is 31.0 Å². The van der Waals surface area contributed by atoms with Gasteiger partial charge in [-0.1, -0.05) is 12.7 Å². The number of aliphatic hydroxyl groups excluding tert-OH is 1. The second kappa shape index (κ2) is 7.04. The number of nitrogens with zero attached hydrogens (tertiary/aromatic N) is 2. The molecule has 7 heteroatoms. The van der Waals surface area contributed by atoms with Gasteiger partial charge in [-0.3, -0.25) is 9.78 Å². The Labute approximate surface area is 128 Å². The first-order chi connectivity index (χ1) is 10.5. The summed E-state index contributed by atoms with van der Waals surface area (Å²) < 4.78 is 5.02. The number of β-amino-alcohol motifs (C(OH)–C–C–N with tert-alkyl or cyclic N) is 1. The lowest BCUT2D eigenvalue weighted by Crippen LogP contribution is -2.37. The molecule has 0 unspecified atom stereocenters. The second-order valence-electron chi connectivity index (χ2n) is 5.18. The number of carbonyl (C=O) groups is 2. The van der Waals surface area contributed by atoms with E-state index in [0.29, 0.717) is 12.8 Å². The van der Waals surface area contributed by atoms with Crippen molar-refractivity contribution in [1.29, 1.82) is 0 Å². The number of aromatic nitrogens is 1. The van der Waals surface area contributed by atoms with Gasteiger partial charge in [0.25, 0.3) is 5.91 Å². The summed E-state index contributed by atoms with van der Waals surface area (Å²) in [5.41, 5.74) is 6.21. The molecule has 118 valence electrons. The molecule has 0 radical (unpaired) electrons. The average molecular weight is 305 g/mol. The maximum absolute atomic E-state index is 12.0. The monoisotopic (exact) mass is 305 g/mol. The van der Waals surface area contributed by atoms with Gasteiger partial charge in [0.05, 0.1) is 12.6 Å². The Morgan fingerprint density at radius 1 is 1.59 bits per heavy atom. The molecule has 2 amide bonds. The Bertz CT molecular complexity index is 576. The van der Waals surface area contributed by atoms with E-state index in [1.807, 2.05) is 0 Å². The first-order valence-corrected chi connectivity index (χ1v) is 6.98. The van der Waals surface area contributed by atoms with Gasteiger partial charge >= 0.3 is 6.09 Å². The van der Waals surface area contributed by atoms with Crippen molar-refractivity contribution >= 4 is 12.0 Å². The molecular weight excluding hydrogens is 286 g/mol. The Hall–Kier alpha value is -2.41. The van der Waals surface area contributed by atoms with E-state index in [4.69, 9.17) is 10.5 Å². The molecule has 0 aromatic carbocycles. The van der Waals surface area contributed by atoms with Crippen molar-refractivity contribution < 1.29 is 19.4 Å². The zero-order chi connectivity index (χ0) is 16.1. The summed E-state index contributed by atoms with van der Waals surface area (Å²) in [6, 6.07) is 3.15. The minimum absolute atomic E-state index is 0.124. The number of aliphatic hydroxyl groups is 1. The quantitative estimate of drug-likeness (QED) is 0.770. The lowest BCUT2D eigenvalue weighted by Gasteiger charge is -2.23. The largest absolute Gasteiger partial charge is 0.445 e. The maximum atomic E-state index is 12.0. The number of hydrogen-bond donors (Lipinski definition) is 2. The van der Waals surface area contributed by atoms with E-state index < -0.39 is 18.1 Å². The average Bonchev–Trinajstić information content (AvgIpc) is 2.85. The molecule has 1 aliphatic rings. The molecule has 2 rings (SSSR count). The molecule has 1 saturated heterocycles. The summed E-state index contributed by atoms with van der Waals surface area (Å²) in [6.45, 7) is 3.85. The molecule has 0 bridgehead atoms. The fourth-order valence-corrected chi connectivity index (χ4v) is 2.53. The Morgan fingerprint density at radius 3 is 3.05 bits per heavy atom.